The molecule has 0 heterocycles. The molecule has 2 saturated carbocycles. The van der Waals surface area contributed by atoms with Crippen molar-refractivity contribution in [3.05, 3.63) is 0 Å². The molecule has 4 atom stereocenters. The van der Waals surface area contributed by atoms with E-state index < -0.39 is 0 Å². The molecule has 15 heavy (non-hydrogen) atoms. The van der Waals surface area contributed by atoms with Gasteiger partial charge in [-0.1, -0.05) is 6.92 Å². The summed E-state index contributed by atoms with van der Waals surface area (Å²) in [4.78, 5) is 0. The van der Waals surface area contributed by atoms with Crippen LogP contribution >= 0.6 is 11.8 Å². The van der Waals surface area contributed by atoms with Crippen molar-refractivity contribution in [2.45, 2.75) is 68.9 Å². The first-order valence-electron chi connectivity index (χ1n) is 6.35. The van der Waals surface area contributed by atoms with Gasteiger partial charge in [0.05, 0.1) is 6.10 Å². The summed E-state index contributed by atoms with van der Waals surface area (Å²) in [6.45, 7) is 2.24. The van der Waals surface area contributed by atoms with E-state index in [9.17, 15) is 5.11 Å². The fourth-order valence-corrected chi connectivity index (χ4v) is 4.06. The number of hydrogen-bond acceptors (Lipinski definition) is 3. The maximum atomic E-state index is 9.75. The third-order valence-electron chi connectivity index (χ3n) is 3.72. The fourth-order valence-electron chi connectivity index (χ4n) is 2.92. The molecule has 88 valence electrons. The summed E-state index contributed by atoms with van der Waals surface area (Å²) in [5.74, 6) is 1.24. The number of hydrogen-bond donors (Lipinski definition) is 2. The lowest BCUT2D eigenvalue weighted by molar-refractivity contribution is 0.143. The number of thioether (sulfide) groups is 1. The van der Waals surface area contributed by atoms with Crippen molar-refractivity contribution in [1.82, 2.24) is 5.32 Å². The molecule has 0 aromatic carbocycles. The monoisotopic (exact) mass is 229 g/mol. The molecule has 0 aliphatic heterocycles. The van der Waals surface area contributed by atoms with Crippen molar-refractivity contribution >= 4 is 11.8 Å². The van der Waals surface area contributed by atoms with Crippen LogP contribution in [0.2, 0.25) is 0 Å². The Morgan fingerprint density at radius 1 is 1.27 bits per heavy atom. The SMILES string of the molecule is CCSC1CCC(N[C@@H]2CCC[C@H]2O)C1. The van der Waals surface area contributed by atoms with Crippen molar-refractivity contribution in [1.29, 1.82) is 0 Å². The van der Waals surface area contributed by atoms with Crippen molar-refractivity contribution in [2.24, 2.45) is 0 Å². The maximum absolute atomic E-state index is 9.75. The summed E-state index contributed by atoms with van der Waals surface area (Å²) < 4.78 is 0. The highest BCUT2D eigenvalue weighted by Gasteiger charge is 2.31. The Labute approximate surface area is 97.2 Å². The number of nitrogens with one attached hydrogen (secondary N) is 1. The van der Waals surface area contributed by atoms with Gasteiger partial charge in [0.25, 0.3) is 0 Å². The molecular weight excluding hydrogens is 206 g/mol. The summed E-state index contributed by atoms with van der Waals surface area (Å²) in [6.07, 6.45) is 7.25. The molecule has 0 spiro atoms. The standard InChI is InChI=1S/C12H23NOS/c1-2-15-10-7-6-9(8-10)13-11-4-3-5-12(11)14/h9-14H,2-8H2,1H3/t9?,10?,11-,12-/m1/s1. The molecule has 0 aromatic rings. The molecule has 0 radical (unpaired) electrons. The molecule has 2 nitrogen and oxygen atoms in total. The van der Waals surface area contributed by atoms with Gasteiger partial charge in [0.2, 0.25) is 0 Å². The van der Waals surface area contributed by atoms with E-state index in [2.05, 4.69) is 24.0 Å². The van der Waals surface area contributed by atoms with E-state index >= 15 is 0 Å². The van der Waals surface area contributed by atoms with E-state index in [1.165, 1.54) is 37.9 Å². The van der Waals surface area contributed by atoms with E-state index in [1.807, 2.05) is 0 Å². The van der Waals surface area contributed by atoms with Gasteiger partial charge in [-0.15, -0.1) is 0 Å². The van der Waals surface area contributed by atoms with Crippen molar-refractivity contribution < 1.29 is 5.11 Å². The Morgan fingerprint density at radius 2 is 2.13 bits per heavy atom. The van der Waals surface area contributed by atoms with Crippen LogP contribution in [0.3, 0.4) is 0 Å². The molecule has 2 rings (SSSR count). The Balaban J connectivity index is 1.72. The molecule has 2 fully saturated rings. The first kappa shape index (κ1) is 11.7. The van der Waals surface area contributed by atoms with Crippen LogP contribution in [0.5, 0.6) is 0 Å². The van der Waals surface area contributed by atoms with Gasteiger partial charge in [-0.3, -0.25) is 0 Å². The highest BCUT2D eigenvalue weighted by atomic mass is 32.2. The van der Waals surface area contributed by atoms with E-state index in [0.717, 1.165) is 11.7 Å². The third-order valence-corrected chi connectivity index (χ3v) is 4.95. The average Bonchev–Trinajstić information content (AvgIpc) is 2.79. The lowest BCUT2D eigenvalue weighted by atomic mass is 10.1. The van der Waals surface area contributed by atoms with Gasteiger partial charge in [-0.25, -0.2) is 0 Å². The van der Waals surface area contributed by atoms with Crippen molar-refractivity contribution in [2.75, 3.05) is 5.75 Å². The predicted molar refractivity (Wildman–Crippen MR) is 66.3 cm³/mol. The van der Waals surface area contributed by atoms with E-state index in [1.54, 1.807) is 0 Å². The molecule has 2 N–H and O–H groups in total. The minimum Gasteiger partial charge on any atom is -0.392 e. The minimum absolute atomic E-state index is 0.0807. The minimum atomic E-state index is -0.0807. The molecule has 0 aromatic heterocycles. The predicted octanol–water partition coefficient (Wildman–Crippen LogP) is 2.16. The van der Waals surface area contributed by atoms with E-state index in [4.69, 9.17) is 0 Å². The van der Waals surface area contributed by atoms with Crippen molar-refractivity contribution in [3.8, 4) is 0 Å². The normalized spacial score (nSPS) is 41.2. The molecule has 2 aliphatic rings. The van der Waals surface area contributed by atoms with E-state index in [0.29, 0.717) is 12.1 Å². The van der Waals surface area contributed by atoms with Gasteiger partial charge in [0, 0.05) is 17.3 Å². The summed E-state index contributed by atoms with van der Waals surface area (Å²) in [5, 5.41) is 14.3. The van der Waals surface area contributed by atoms with Crippen LogP contribution in [0, 0.1) is 0 Å². The topological polar surface area (TPSA) is 32.3 Å². The van der Waals surface area contributed by atoms with Crippen LogP contribution < -0.4 is 5.32 Å². The van der Waals surface area contributed by atoms with Gasteiger partial charge >= 0.3 is 0 Å². The summed E-state index contributed by atoms with van der Waals surface area (Å²) in [5.41, 5.74) is 0. The molecule has 0 amide bonds. The van der Waals surface area contributed by atoms with Crippen LogP contribution in [0.4, 0.5) is 0 Å². The Hall–Kier alpha value is 0.270. The van der Waals surface area contributed by atoms with E-state index in [-0.39, 0.29) is 6.10 Å². The zero-order valence-corrected chi connectivity index (χ0v) is 10.4. The molecule has 0 saturated heterocycles. The number of aliphatic hydroxyl groups is 1. The van der Waals surface area contributed by atoms with Gasteiger partial charge in [0.1, 0.15) is 0 Å². The maximum Gasteiger partial charge on any atom is 0.0693 e. The lowest BCUT2D eigenvalue weighted by Crippen LogP contribution is -2.41. The fraction of sp³-hybridized carbons (Fsp3) is 1.00. The molecule has 3 heteroatoms. The second kappa shape index (κ2) is 5.55. The first-order chi connectivity index (χ1) is 7.29. The van der Waals surface area contributed by atoms with Gasteiger partial charge in [-0.05, 0) is 44.3 Å². The number of rotatable bonds is 4. The smallest absolute Gasteiger partial charge is 0.0693 e. The van der Waals surface area contributed by atoms with Crippen molar-refractivity contribution in [3.63, 3.8) is 0 Å². The zero-order chi connectivity index (χ0) is 10.7. The lowest BCUT2D eigenvalue weighted by Gasteiger charge is -2.21. The largest absolute Gasteiger partial charge is 0.392 e. The van der Waals surface area contributed by atoms with Gasteiger partial charge in [-0.2, -0.15) is 11.8 Å². The summed E-state index contributed by atoms with van der Waals surface area (Å²) in [6, 6.07) is 1.06. The third kappa shape index (κ3) is 3.11. The Kier molecular flexibility index (Phi) is 4.35. The second-order valence-corrected chi connectivity index (χ2v) is 6.44. The quantitative estimate of drug-likeness (QED) is 0.775. The second-order valence-electron chi connectivity index (χ2n) is 4.86. The molecule has 2 aliphatic carbocycles. The Morgan fingerprint density at radius 3 is 2.80 bits per heavy atom. The first-order valence-corrected chi connectivity index (χ1v) is 7.40. The van der Waals surface area contributed by atoms with Crippen LogP contribution in [-0.4, -0.2) is 34.3 Å². The highest BCUT2D eigenvalue weighted by molar-refractivity contribution is 7.99. The van der Waals surface area contributed by atoms with Crippen LogP contribution in [0.15, 0.2) is 0 Å². The summed E-state index contributed by atoms with van der Waals surface area (Å²) >= 11 is 2.10. The molecule has 0 bridgehead atoms. The average molecular weight is 229 g/mol. The van der Waals surface area contributed by atoms with Gasteiger partial charge in [0.15, 0.2) is 0 Å². The van der Waals surface area contributed by atoms with Gasteiger partial charge < -0.3 is 10.4 Å². The number of aliphatic hydroxyl groups excluding tert-OH is 1. The van der Waals surface area contributed by atoms with Crippen LogP contribution in [-0.2, 0) is 0 Å². The van der Waals surface area contributed by atoms with Crippen LogP contribution in [0.25, 0.3) is 0 Å². The highest BCUT2D eigenvalue weighted by Crippen LogP contribution is 2.31. The Bertz CT molecular complexity index is 200. The summed E-state index contributed by atoms with van der Waals surface area (Å²) in [7, 11) is 0. The van der Waals surface area contributed by atoms with Crippen LogP contribution in [0.1, 0.15) is 45.4 Å². The zero-order valence-electron chi connectivity index (χ0n) is 9.61. The molecular formula is C12H23NOS. The molecule has 2 unspecified atom stereocenters.